The summed E-state index contributed by atoms with van der Waals surface area (Å²) < 4.78 is 0. The molecule has 9 nitrogen and oxygen atoms in total. The Kier molecular flexibility index (Phi) is 10.1. The number of amides is 2. The number of hydrogen-bond acceptors (Lipinski definition) is 5. The quantitative estimate of drug-likeness (QED) is 0.236. The molecule has 182 valence electrons. The second-order valence-electron chi connectivity index (χ2n) is 7.46. The van der Waals surface area contributed by atoms with Gasteiger partial charge in [-0.15, -0.1) is 0 Å². The van der Waals surface area contributed by atoms with Crippen molar-refractivity contribution in [1.29, 1.82) is 0 Å². The number of hydroxylamine groups is 1. The van der Waals surface area contributed by atoms with Crippen LogP contribution < -0.4 is 10.8 Å². The number of aromatic carboxylic acids is 2. The summed E-state index contributed by atoms with van der Waals surface area (Å²) in [7, 11) is 0. The van der Waals surface area contributed by atoms with Crippen molar-refractivity contribution in [3.8, 4) is 0 Å². The molecule has 0 saturated carbocycles. The van der Waals surface area contributed by atoms with Crippen LogP contribution >= 0.6 is 0 Å². The second kappa shape index (κ2) is 13.3. The van der Waals surface area contributed by atoms with Crippen LogP contribution in [0, 0.1) is 0 Å². The maximum absolute atomic E-state index is 12.2. The number of hydrogen-bond donors (Lipinski definition) is 5. The zero-order valence-corrected chi connectivity index (χ0v) is 19.0. The highest BCUT2D eigenvalue weighted by atomic mass is 16.5. The van der Waals surface area contributed by atoms with E-state index in [9.17, 15) is 19.2 Å². The third-order valence-corrected chi connectivity index (χ3v) is 4.92. The Morgan fingerprint density at radius 1 is 0.657 bits per heavy atom. The van der Waals surface area contributed by atoms with Gasteiger partial charge in [-0.25, -0.2) is 15.1 Å². The van der Waals surface area contributed by atoms with Crippen LogP contribution in [0.2, 0.25) is 0 Å². The van der Waals surface area contributed by atoms with Gasteiger partial charge in [0.05, 0.1) is 11.1 Å². The van der Waals surface area contributed by atoms with Gasteiger partial charge in [0.1, 0.15) is 0 Å². The molecule has 0 aromatic heterocycles. The Morgan fingerprint density at radius 2 is 1.09 bits per heavy atom. The lowest BCUT2D eigenvalue weighted by Gasteiger charge is -2.07. The molecule has 0 bridgehead atoms. The van der Waals surface area contributed by atoms with Gasteiger partial charge in [-0.2, -0.15) is 0 Å². The molecule has 3 rings (SSSR count). The molecule has 0 spiro atoms. The van der Waals surface area contributed by atoms with Gasteiger partial charge in [-0.05, 0) is 79.1 Å². The van der Waals surface area contributed by atoms with Crippen molar-refractivity contribution in [1.82, 2.24) is 5.48 Å². The summed E-state index contributed by atoms with van der Waals surface area (Å²) in [6.07, 6.45) is 3.35. The van der Waals surface area contributed by atoms with Crippen LogP contribution in [0.15, 0.2) is 72.8 Å². The van der Waals surface area contributed by atoms with Crippen molar-refractivity contribution in [3.05, 3.63) is 101 Å². The van der Waals surface area contributed by atoms with E-state index in [-0.39, 0.29) is 22.6 Å². The van der Waals surface area contributed by atoms with Crippen LogP contribution in [0.1, 0.15) is 66.8 Å². The van der Waals surface area contributed by atoms with E-state index in [2.05, 4.69) is 12.2 Å². The molecule has 0 unspecified atom stereocenters. The molecule has 3 aromatic carbocycles. The van der Waals surface area contributed by atoms with Gasteiger partial charge < -0.3 is 15.5 Å². The van der Waals surface area contributed by atoms with E-state index in [4.69, 9.17) is 15.4 Å². The molecule has 35 heavy (non-hydrogen) atoms. The van der Waals surface area contributed by atoms with Crippen molar-refractivity contribution < 1.29 is 34.6 Å². The first-order valence-corrected chi connectivity index (χ1v) is 10.8. The standard InChI is InChI=1S/C18H20N2O3.C8H6O4/c1-2-3-4-13-5-11-16(12-6-13)19-17(21)14-7-9-15(10-8-14)18(22)20-23;9-7(10)5-1-2-6(4-3-5)8(11)12/h5-12,23H,2-4H2,1H3,(H,19,21)(H,20,22);1-4H,(H,9,10)(H,11,12). The second-order valence-corrected chi connectivity index (χ2v) is 7.46. The molecule has 9 heteroatoms. The predicted molar refractivity (Wildman–Crippen MR) is 129 cm³/mol. The lowest BCUT2D eigenvalue weighted by molar-refractivity contribution is 0.0681. The lowest BCUT2D eigenvalue weighted by atomic mass is 10.1. The van der Waals surface area contributed by atoms with Crippen LogP contribution in [0.25, 0.3) is 0 Å². The topological polar surface area (TPSA) is 153 Å². The number of unbranched alkanes of at least 4 members (excludes halogenated alkanes) is 1. The summed E-state index contributed by atoms with van der Waals surface area (Å²) in [4.78, 5) is 44.1. The zero-order valence-electron chi connectivity index (χ0n) is 19.0. The fraction of sp³-hybridized carbons (Fsp3) is 0.154. The summed E-state index contributed by atoms with van der Waals surface area (Å²) in [5.41, 5.74) is 4.42. The highest BCUT2D eigenvalue weighted by Crippen LogP contribution is 2.14. The van der Waals surface area contributed by atoms with E-state index >= 15 is 0 Å². The maximum atomic E-state index is 12.2. The minimum Gasteiger partial charge on any atom is -0.478 e. The van der Waals surface area contributed by atoms with Crippen LogP contribution in [-0.2, 0) is 6.42 Å². The summed E-state index contributed by atoms with van der Waals surface area (Å²) in [6.45, 7) is 2.16. The Hall–Kier alpha value is -4.50. The first-order chi connectivity index (χ1) is 16.7. The molecule has 0 saturated heterocycles. The minimum absolute atomic E-state index is 0.0833. The normalized spacial score (nSPS) is 9.89. The molecule has 0 fully saturated rings. The highest BCUT2D eigenvalue weighted by Gasteiger charge is 2.09. The number of aryl methyl sites for hydroxylation is 1. The van der Waals surface area contributed by atoms with E-state index < -0.39 is 17.8 Å². The molecule has 0 radical (unpaired) electrons. The number of carboxylic acids is 2. The van der Waals surface area contributed by atoms with E-state index in [1.807, 2.05) is 24.3 Å². The SMILES string of the molecule is CCCCc1ccc(NC(=O)c2ccc(C(=O)NO)cc2)cc1.O=C(O)c1ccc(C(=O)O)cc1. The van der Waals surface area contributed by atoms with Gasteiger partial charge >= 0.3 is 11.9 Å². The average molecular weight is 479 g/mol. The highest BCUT2D eigenvalue weighted by molar-refractivity contribution is 6.05. The Balaban J connectivity index is 0.000000303. The molecule has 0 aliphatic heterocycles. The first-order valence-electron chi connectivity index (χ1n) is 10.8. The molecule has 0 aliphatic carbocycles. The van der Waals surface area contributed by atoms with E-state index in [1.54, 1.807) is 5.48 Å². The van der Waals surface area contributed by atoms with Crippen LogP contribution in [-0.4, -0.2) is 39.2 Å². The Bertz CT molecular complexity index is 1120. The van der Waals surface area contributed by atoms with Crippen molar-refractivity contribution >= 4 is 29.4 Å². The summed E-state index contributed by atoms with van der Waals surface area (Å²) in [5, 5.41) is 28.3. The van der Waals surface area contributed by atoms with Gasteiger partial charge in [0.25, 0.3) is 11.8 Å². The molecule has 0 atom stereocenters. The number of anilines is 1. The molecule has 0 heterocycles. The average Bonchev–Trinajstić information content (AvgIpc) is 2.88. The first kappa shape index (κ1) is 26.7. The molecule has 3 aromatic rings. The number of carbonyl (C=O) groups is 4. The third-order valence-electron chi connectivity index (χ3n) is 4.92. The van der Waals surface area contributed by atoms with Crippen molar-refractivity contribution in [2.24, 2.45) is 0 Å². The number of rotatable bonds is 8. The maximum Gasteiger partial charge on any atom is 0.335 e. The fourth-order valence-electron chi connectivity index (χ4n) is 2.93. The lowest BCUT2D eigenvalue weighted by Crippen LogP contribution is -2.19. The summed E-state index contributed by atoms with van der Waals surface area (Å²) >= 11 is 0. The van der Waals surface area contributed by atoms with Crippen molar-refractivity contribution in [2.75, 3.05) is 5.32 Å². The van der Waals surface area contributed by atoms with Crippen molar-refractivity contribution in [2.45, 2.75) is 26.2 Å². The molecule has 2 amide bonds. The van der Waals surface area contributed by atoms with E-state index in [0.29, 0.717) is 5.56 Å². The Labute approximate surface area is 202 Å². The smallest absolute Gasteiger partial charge is 0.335 e. The molecule has 0 aliphatic rings. The molecule has 5 N–H and O–H groups in total. The van der Waals surface area contributed by atoms with Crippen LogP contribution in [0.4, 0.5) is 5.69 Å². The van der Waals surface area contributed by atoms with E-state index in [1.165, 1.54) is 54.1 Å². The summed E-state index contributed by atoms with van der Waals surface area (Å²) in [6, 6.07) is 18.9. The van der Waals surface area contributed by atoms with Crippen molar-refractivity contribution in [3.63, 3.8) is 0 Å². The van der Waals surface area contributed by atoms with Gasteiger partial charge in [0, 0.05) is 16.8 Å². The number of carboxylic acid groups (broad SMARTS) is 2. The van der Waals surface area contributed by atoms with Gasteiger partial charge in [-0.3, -0.25) is 14.8 Å². The number of benzene rings is 3. The monoisotopic (exact) mass is 478 g/mol. The fourth-order valence-corrected chi connectivity index (χ4v) is 2.93. The zero-order chi connectivity index (χ0) is 25.8. The van der Waals surface area contributed by atoms with E-state index in [0.717, 1.165) is 24.9 Å². The molecular weight excluding hydrogens is 452 g/mol. The number of nitrogens with one attached hydrogen (secondary N) is 2. The predicted octanol–water partition coefficient (Wildman–Crippen LogP) is 4.48. The number of carbonyl (C=O) groups excluding carboxylic acids is 2. The largest absolute Gasteiger partial charge is 0.478 e. The molecular formula is C26H26N2O7. The minimum atomic E-state index is -1.06. The Morgan fingerprint density at radius 3 is 1.49 bits per heavy atom. The summed E-state index contributed by atoms with van der Waals surface area (Å²) in [5.74, 6) is -2.99. The van der Waals surface area contributed by atoms with Gasteiger partial charge in [0.15, 0.2) is 0 Å². The van der Waals surface area contributed by atoms with Gasteiger partial charge in [-0.1, -0.05) is 25.5 Å². The van der Waals surface area contributed by atoms with Crippen LogP contribution in [0.3, 0.4) is 0 Å². The van der Waals surface area contributed by atoms with Gasteiger partial charge in [0.2, 0.25) is 0 Å². The van der Waals surface area contributed by atoms with Crippen LogP contribution in [0.5, 0.6) is 0 Å². The third kappa shape index (κ3) is 8.41.